The zero-order valence-corrected chi connectivity index (χ0v) is 9.90. The molecular weight excluding hydrogens is 192 g/mol. The summed E-state index contributed by atoms with van der Waals surface area (Å²) in [6, 6.07) is 0.102. The summed E-state index contributed by atoms with van der Waals surface area (Å²) in [5.74, 6) is 0.203. The smallest absolute Gasteiger partial charge is 0.222 e. The molecule has 88 valence electrons. The summed E-state index contributed by atoms with van der Waals surface area (Å²) >= 11 is 0. The lowest BCUT2D eigenvalue weighted by molar-refractivity contribution is -0.143. The third kappa shape index (κ3) is 4.18. The zero-order chi connectivity index (χ0) is 11.4. The number of hydrogen-bond donors (Lipinski definition) is 1. The molecule has 15 heavy (non-hydrogen) atoms. The first-order chi connectivity index (χ1) is 6.99. The first-order valence-electron chi connectivity index (χ1n) is 5.68. The van der Waals surface area contributed by atoms with Crippen LogP contribution in [0.2, 0.25) is 0 Å². The molecule has 0 radical (unpaired) electrons. The number of nitrogens with two attached hydrogens (primary N) is 1. The maximum absolute atomic E-state index is 11.8. The van der Waals surface area contributed by atoms with Crippen LogP contribution in [-0.2, 0) is 9.53 Å². The molecule has 1 heterocycles. The fourth-order valence-corrected chi connectivity index (χ4v) is 1.89. The van der Waals surface area contributed by atoms with Crippen LogP contribution in [0.5, 0.6) is 0 Å². The normalized spacial score (nSPS) is 28.9. The molecule has 0 bridgehead atoms. The van der Waals surface area contributed by atoms with Crippen LogP contribution in [0.15, 0.2) is 0 Å². The van der Waals surface area contributed by atoms with Gasteiger partial charge in [-0.3, -0.25) is 4.79 Å². The quantitative estimate of drug-likeness (QED) is 0.754. The van der Waals surface area contributed by atoms with E-state index in [1.165, 1.54) is 0 Å². The summed E-state index contributed by atoms with van der Waals surface area (Å²) in [6.45, 7) is 7.35. The van der Waals surface area contributed by atoms with Gasteiger partial charge in [-0.1, -0.05) is 0 Å². The SMILES string of the molecule is CC(N)CCC(=O)N1C[C@@H](C)O[C@@H](C)C1. The van der Waals surface area contributed by atoms with Gasteiger partial charge in [0.25, 0.3) is 0 Å². The van der Waals surface area contributed by atoms with E-state index in [0.29, 0.717) is 19.5 Å². The first kappa shape index (κ1) is 12.5. The largest absolute Gasteiger partial charge is 0.372 e. The highest BCUT2D eigenvalue weighted by Crippen LogP contribution is 2.12. The van der Waals surface area contributed by atoms with Gasteiger partial charge >= 0.3 is 0 Å². The van der Waals surface area contributed by atoms with E-state index in [4.69, 9.17) is 10.5 Å². The molecule has 1 unspecified atom stereocenters. The number of morpholine rings is 1. The number of ether oxygens (including phenoxy) is 1. The first-order valence-corrected chi connectivity index (χ1v) is 5.68. The van der Waals surface area contributed by atoms with Crippen molar-refractivity contribution in [3.8, 4) is 0 Å². The highest BCUT2D eigenvalue weighted by Gasteiger charge is 2.25. The standard InChI is InChI=1S/C11H22N2O2/c1-8(12)4-5-11(14)13-6-9(2)15-10(3)7-13/h8-10H,4-7,12H2,1-3H3/t8?,9-,10+. The average Bonchev–Trinajstić information content (AvgIpc) is 2.12. The van der Waals surface area contributed by atoms with E-state index in [2.05, 4.69) is 0 Å². The molecule has 2 N–H and O–H groups in total. The van der Waals surface area contributed by atoms with Crippen molar-refractivity contribution >= 4 is 5.91 Å². The highest BCUT2D eigenvalue weighted by atomic mass is 16.5. The van der Waals surface area contributed by atoms with Crippen molar-refractivity contribution in [2.45, 2.75) is 51.9 Å². The van der Waals surface area contributed by atoms with Gasteiger partial charge in [-0.15, -0.1) is 0 Å². The number of rotatable bonds is 3. The summed E-state index contributed by atoms with van der Waals surface area (Å²) in [4.78, 5) is 13.7. The fraction of sp³-hybridized carbons (Fsp3) is 0.909. The van der Waals surface area contributed by atoms with Gasteiger partial charge in [0.15, 0.2) is 0 Å². The maximum atomic E-state index is 11.8. The Labute approximate surface area is 91.8 Å². The molecule has 4 nitrogen and oxygen atoms in total. The van der Waals surface area contributed by atoms with Crippen LogP contribution in [0.25, 0.3) is 0 Å². The molecule has 0 aromatic carbocycles. The van der Waals surface area contributed by atoms with Gasteiger partial charge in [0.05, 0.1) is 12.2 Å². The number of amides is 1. The molecule has 1 rings (SSSR count). The van der Waals surface area contributed by atoms with Crippen LogP contribution in [-0.4, -0.2) is 42.1 Å². The molecule has 1 aliphatic rings. The third-order valence-corrected chi connectivity index (χ3v) is 2.59. The van der Waals surface area contributed by atoms with Crippen LogP contribution in [0.3, 0.4) is 0 Å². The van der Waals surface area contributed by atoms with Crippen LogP contribution < -0.4 is 5.73 Å². The third-order valence-electron chi connectivity index (χ3n) is 2.59. The van der Waals surface area contributed by atoms with Crippen LogP contribution >= 0.6 is 0 Å². The predicted octanol–water partition coefficient (Wildman–Crippen LogP) is 0.750. The zero-order valence-electron chi connectivity index (χ0n) is 9.90. The Balaban J connectivity index is 2.38. The van der Waals surface area contributed by atoms with Crippen LogP contribution in [0.4, 0.5) is 0 Å². The maximum Gasteiger partial charge on any atom is 0.222 e. The topological polar surface area (TPSA) is 55.6 Å². The molecule has 0 spiro atoms. The lowest BCUT2D eigenvalue weighted by Gasteiger charge is -2.35. The second-order valence-corrected chi connectivity index (χ2v) is 4.57. The molecule has 0 saturated carbocycles. The van der Waals surface area contributed by atoms with E-state index in [9.17, 15) is 4.79 Å². The van der Waals surface area contributed by atoms with Gasteiger partial charge in [-0.05, 0) is 27.2 Å². The monoisotopic (exact) mass is 214 g/mol. The van der Waals surface area contributed by atoms with Crippen LogP contribution in [0.1, 0.15) is 33.6 Å². The number of carbonyl (C=O) groups excluding carboxylic acids is 1. The fourth-order valence-electron chi connectivity index (χ4n) is 1.89. The molecule has 4 heteroatoms. The van der Waals surface area contributed by atoms with Crippen molar-refractivity contribution in [1.82, 2.24) is 4.90 Å². The van der Waals surface area contributed by atoms with Gasteiger partial charge in [0.2, 0.25) is 5.91 Å². The lowest BCUT2D eigenvalue weighted by atomic mass is 10.1. The van der Waals surface area contributed by atoms with Gasteiger partial charge in [-0.25, -0.2) is 0 Å². The van der Waals surface area contributed by atoms with E-state index in [1.807, 2.05) is 25.7 Å². The van der Waals surface area contributed by atoms with Crippen molar-refractivity contribution in [2.24, 2.45) is 5.73 Å². The molecule has 1 amide bonds. The second kappa shape index (κ2) is 5.47. The Hall–Kier alpha value is -0.610. The summed E-state index contributed by atoms with van der Waals surface area (Å²) in [7, 11) is 0. The number of hydrogen-bond acceptors (Lipinski definition) is 3. The van der Waals surface area contributed by atoms with Crippen LogP contribution in [0, 0.1) is 0 Å². The number of carbonyl (C=O) groups is 1. The van der Waals surface area contributed by atoms with Crippen molar-refractivity contribution < 1.29 is 9.53 Å². The highest BCUT2D eigenvalue weighted by molar-refractivity contribution is 5.76. The molecular formula is C11H22N2O2. The molecule has 0 aromatic heterocycles. The Morgan fingerprint density at radius 1 is 1.47 bits per heavy atom. The van der Waals surface area contributed by atoms with E-state index in [0.717, 1.165) is 6.42 Å². The Morgan fingerprint density at radius 3 is 2.47 bits per heavy atom. The van der Waals surface area contributed by atoms with Gasteiger partial charge < -0.3 is 15.4 Å². The minimum atomic E-state index is 0.102. The van der Waals surface area contributed by atoms with Gasteiger partial charge in [-0.2, -0.15) is 0 Å². The molecule has 1 aliphatic heterocycles. The van der Waals surface area contributed by atoms with Crippen molar-refractivity contribution in [3.63, 3.8) is 0 Å². The minimum Gasteiger partial charge on any atom is -0.372 e. The predicted molar refractivity (Wildman–Crippen MR) is 59.5 cm³/mol. The van der Waals surface area contributed by atoms with Gasteiger partial charge in [0, 0.05) is 25.6 Å². The lowest BCUT2D eigenvalue weighted by Crippen LogP contribution is -2.48. The van der Waals surface area contributed by atoms with E-state index >= 15 is 0 Å². The van der Waals surface area contributed by atoms with Crippen molar-refractivity contribution in [3.05, 3.63) is 0 Å². The average molecular weight is 214 g/mol. The van der Waals surface area contributed by atoms with E-state index in [1.54, 1.807) is 0 Å². The van der Waals surface area contributed by atoms with Crippen molar-refractivity contribution in [2.75, 3.05) is 13.1 Å². The molecule has 0 aromatic rings. The van der Waals surface area contributed by atoms with E-state index < -0.39 is 0 Å². The summed E-state index contributed by atoms with van der Waals surface area (Å²) in [5, 5.41) is 0. The molecule has 1 saturated heterocycles. The van der Waals surface area contributed by atoms with Gasteiger partial charge in [0.1, 0.15) is 0 Å². The summed E-state index contributed by atoms with van der Waals surface area (Å²) < 4.78 is 5.57. The Kier molecular flexibility index (Phi) is 4.54. The molecule has 0 aliphatic carbocycles. The van der Waals surface area contributed by atoms with Crippen molar-refractivity contribution in [1.29, 1.82) is 0 Å². The van der Waals surface area contributed by atoms with E-state index in [-0.39, 0.29) is 24.2 Å². The Morgan fingerprint density at radius 2 is 2.00 bits per heavy atom. The molecule has 3 atom stereocenters. The summed E-state index contributed by atoms with van der Waals surface area (Å²) in [6.07, 6.45) is 1.61. The number of nitrogens with zero attached hydrogens (tertiary/aromatic N) is 1. The second-order valence-electron chi connectivity index (χ2n) is 4.57. The minimum absolute atomic E-state index is 0.102. The summed E-state index contributed by atoms with van der Waals surface area (Å²) in [5.41, 5.74) is 5.63. The molecule has 1 fully saturated rings. The Bertz CT molecular complexity index is 209.